The van der Waals surface area contributed by atoms with E-state index in [1.54, 1.807) is 47.4 Å². The van der Waals surface area contributed by atoms with Crippen molar-refractivity contribution in [1.29, 1.82) is 0 Å². The van der Waals surface area contributed by atoms with E-state index in [-0.39, 0.29) is 11.9 Å². The first-order valence-electron chi connectivity index (χ1n) is 11.0. The Kier molecular flexibility index (Phi) is 8.42. The van der Waals surface area contributed by atoms with Crippen LogP contribution in [0.3, 0.4) is 0 Å². The molecule has 0 aliphatic rings. The third-order valence-corrected chi connectivity index (χ3v) is 6.05. The van der Waals surface area contributed by atoms with Crippen molar-refractivity contribution in [2.45, 2.75) is 40.2 Å². The highest BCUT2D eigenvalue weighted by molar-refractivity contribution is 6.32. The van der Waals surface area contributed by atoms with Crippen molar-refractivity contribution in [1.82, 2.24) is 0 Å². The largest absolute Gasteiger partial charge is 0.398 e. The van der Waals surface area contributed by atoms with Crippen molar-refractivity contribution in [2.24, 2.45) is 0 Å². The molecule has 34 heavy (non-hydrogen) atoms. The number of anilines is 4. The van der Waals surface area contributed by atoms with Gasteiger partial charge in [0.15, 0.2) is 0 Å². The van der Waals surface area contributed by atoms with Crippen LogP contribution in [-0.4, -0.2) is 11.9 Å². The Morgan fingerprint density at radius 1 is 0.912 bits per heavy atom. The molecule has 0 atom stereocenters. The van der Waals surface area contributed by atoms with E-state index in [4.69, 9.17) is 28.9 Å². The van der Waals surface area contributed by atoms with E-state index in [1.165, 1.54) is 6.92 Å². The number of nitrogens with one attached hydrogen (secondary N) is 2. The van der Waals surface area contributed by atoms with Gasteiger partial charge in [0.1, 0.15) is 0 Å². The van der Waals surface area contributed by atoms with Gasteiger partial charge in [-0.25, -0.2) is 4.79 Å². The predicted octanol–water partition coefficient (Wildman–Crippen LogP) is 6.90. The summed E-state index contributed by atoms with van der Waals surface area (Å²) in [4.78, 5) is 26.6. The monoisotopic (exact) mass is 498 g/mol. The second-order valence-electron chi connectivity index (χ2n) is 7.86. The molecule has 0 heterocycles. The molecule has 0 aromatic heterocycles. The van der Waals surface area contributed by atoms with E-state index in [0.717, 1.165) is 16.7 Å². The van der Waals surface area contributed by atoms with Gasteiger partial charge in [-0.3, -0.25) is 9.69 Å². The molecule has 8 heteroatoms. The van der Waals surface area contributed by atoms with Crippen LogP contribution in [0.5, 0.6) is 0 Å². The van der Waals surface area contributed by atoms with Crippen LogP contribution in [0.1, 0.15) is 37.5 Å². The zero-order chi connectivity index (χ0) is 24.8. The van der Waals surface area contributed by atoms with Crippen molar-refractivity contribution in [3.8, 4) is 0 Å². The molecule has 3 rings (SSSR count). The molecule has 0 unspecified atom stereocenters. The lowest BCUT2D eigenvalue weighted by Gasteiger charge is -2.26. The summed E-state index contributed by atoms with van der Waals surface area (Å²) in [5.74, 6) is -0.166. The fourth-order valence-electron chi connectivity index (χ4n) is 3.79. The quantitative estimate of drug-likeness (QED) is 0.309. The molecule has 178 valence electrons. The Hall–Kier alpha value is -3.22. The molecular weight excluding hydrogens is 471 g/mol. The van der Waals surface area contributed by atoms with Crippen molar-refractivity contribution < 1.29 is 9.59 Å². The minimum atomic E-state index is -0.326. The predicted molar refractivity (Wildman–Crippen MR) is 142 cm³/mol. The number of halogens is 2. The molecule has 3 aromatic rings. The highest BCUT2D eigenvalue weighted by Crippen LogP contribution is 2.35. The van der Waals surface area contributed by atoms with Gasteiger partial charge in [-0.05, 0) is 72.0 Å². The minimum Gasteiger partial charge on any atom is -0.398 e. The van der Waals surface area contributed by atoms with Crippen LogP contribution in [0.2, 0.25) is 10.0 Å². The first kappa shape index (κ1) is 25.4. The minimum absolute atomic E-state index is 0.166. The summed E-state index contributed by atoms with van der Waals surface area (Å²) >= 11 is 12.5. The van der Waals surface area contributed by atoms with Crippen LogP contribution in [0.25, 0.3) is 0 Å². The number of nitrogen functional groups attached to an aromatic ring is 1. The zero-order valence-corrected chi connectivity index (χ0v) is 20.9. The van der Waals surface area contributed by atoms with E-state index in [0.29, 0.717) is 52.2 Å². The maximum atomic E-state index is 13.6. The smallest absolute Gasteiger partial charge is 0.326 e. The SMILES string of the molecule is CCc1c(N)cc(Cl)c(CC)c1NC(=O)N(Cc1ccc(Cl)cc1)c1ccc(NC(C)=O)cc1. The first-order chi connectivity index (χ1) is 16.2. The summed E-state index contributed by atoms with van der Waals surface area (Å²) in [5.41, 5.74) is 11.3. The van der Waals surface area contributed by atoms with Crippen LogP contribution in [0, 0.1) is 0 Å². The van der Waals surface area contributed by atoms with Crippen LogP contribution in [0.4, 0.5) is 27.5 Å². The molecule has 0 fully saturated rings. The van der Waals surface area contributed by atoms with Crippen molar-refractivity contribution >= 4 is 57.9 Å². The van der Waals surface area contributed by atoms with Gasteiger partial charge in [-0.2, -0.15) is 0 Å². The molecule has 0 radical (unpaired) electrons. The van der Waals surface area contributed by atoms with Crippen molar-refractivity contribution in [3.05, 3.63) is 81.3 Å². The Bertz CT molecular complexity index is 1150. The Labute approximate surface area is 210 Å². The van der Waals surface area contributed by atoms with E-state index in [9.17, 15) is 9.59 Å². The molecule has 0 spiro atoms. The lowest BCUT2D eigenvalue weighted by molar-refractivity contribution is -0.114. The van der Waals surface area contributed by atoms with E-state index in [1.807, 2.05) is 26.0 Å². The number of carbonyl (C=O) groups excluding carboxylic acids is 2. The van der Waals surface area contributed by atoms with Gasteiger partial charge in [0, 0.05) is 34.0 Å². The van der Waals surface area contributed by atoms with Gasteiger partial charge in [0.05, 0.1) is 12.2 Å². The average molecular weight is 499 g/mol. The summed E-state index contributed by atoms with van der Waals surface area (Å²) in [6.45, 7) is 5.72. The zero-order valence-electron chi connectivity index (χ0n) is 19.4. The fraction of sp³-hybridized carbons (Fsp3) is 0.231. The number of carbonyl (C=O) groups is 2. The average Bonchev–Trinajstić information content (AvgIpc) is 2.79. The maximum absolute atomic E-state index is 13.6. The third kappa shape index (κ3) is 6.01. The normalized spacial score (nSPS) is 10.6. The molecule has 4 N–H and O–H groups in total. The highest BCUT2D eigenvalue weighted by atomic mass is 35.5. The van der Waals surface area contributed by atoms with Crippen LogP contribution >= 0.6 is 23.2 Å². The molecule has 3 amide bonds. The topological polar surface area (TPSA) is 87.5 Å². The number of benzene rings is 3. The van der Waals surface area contributed by atoms with E-state index >= 15 is 0 Å². The van der Waals surface area contributed by atoms with Crippen molar-refractivity contribution in [3.63, 3.8) is 0 Å². The summed E-state index contributed by atoms with van der Waals surface area (Å²) < 4.78 is 0. The first-order valence-corrected chi connectivity index (χ1v) is 11.8. The molecule has 0 aliphatic carbocycles. The third-order valence-electron chi connectivity index (χ3n) is 5.46. The molecule has 3 aromatic carbocycles. The molecule has 6 nitrogen and oxygen atoms in total. The Balaban J connectivity index is 2.00. The summed E-state index contributed by atoms with van der Waals surface area (Å²) in [5, 5.41) is 6.95. The summed E-state index contributed by atoms with van der Waals surface area (Å²) in [7, 11) is 0. The molecular formula is C26H28Cl2N4O2. The van der Waals surface area contributed by atoms with E-state index in [2.05, 4.69) is 10.6 Å². The number of urea groups is 1. The lowest BCUT2D eigenvalue weighted by atomic mass is 10.0. The number of hydrogen-bond donors (Lipinski definition) is 3. The van der Waals surface area contributed by atoms with Crippen molar-refractivity contribution in [2.75, 3.05) is 21.3 Å². The molecule has 0 saturated carbocycles. The molecule has 0 aliphatic heterocycles. The summed E-state index contributed by atoms with van der Waals surface area (Å²) in [6.07, 6.45) is 1.29. The van der Waals surface area contributed by atoms with Gasteiger partial charge in [-0.15, -0.1) is 0 Å². The second-order valence-corrected chi connectivity index (χ2v) is 8.70. The van der Waals surface area contributed by atoms with E-state index < -0.39 is 0 Å². The van der Waals surface area contributed by atoms with Gasteiger partial charge in [0.2, 0.25) is 5.91 Å². The van der Waals surface area contributed by atoms with Crippen LogP contribution in [0.15, 0.2) is 54.6 Å². The number of nitrogens with two attached hydrogens (primary N) is 1. The number of rotatable bonds is 7. The molecule has 0 saturated heterocycles. The number of hydrogen-bond acceptors (Lipinski definition) is 3. The van der Waals surface area contributed by atoms with Crippen LogP contribution in [-0.2, 0) is 24.2 Å². The Morgan fingerprint density at radius 3 is 2.09 bits per heavy atom. The standard InChI is InChI=1S/C26H28Cl2N4O2/c1-4-21-23(28)14-24(29)22(5-2)25(21)31-26(34)32(15-17-6-8-18(27)9-7-17)20-12-10-19(11-13-20)30-16(3)33/h6-14H,4-5,15,29H2,1-3H3,(H,30,33)(H,31,34). The Morgan fingerprint density at radius 2 is 1.53 bits per heavy atom. The summed E-state index contributed by atoms with van der Waals surface area (Å²) in [6, 6.07) is 15.8. The fourth-order valence-corrected chi connectivity index (χ4v) is 4.26. The van der Waals surface area contributed by atoms with Gasteiger partial charge >= 0.3 is 6.03 Å². The lowest BCUT2D eigenvalue weighted by Crippen LogP contribution is -2.35. The molecule has 0 bridgehead atoms. The number of nitrogens with zero attached hydrogens (tertiary/aromatic N) is 1. The highest BCUT2D eigenvalue weighted by Gasteiger charge is 2.21. The van der Waals surface area contributed by atoms with Gasteiger partial charge < -0.3 is 16.4 Å². The van der Waals surface area contributed by atoms with Gasteiger partial charge in [-0.1, -0.05) is 49.2 Å². The van der Waals surface area contributed by atoms with Crippen LogP contribution < -0.4 is 21.3 Å². The number of amides is 3. The second kappa shape index (κ2) is 11.3. The maximum Gasteiger partial charge on any atom is 0.326 e. The van der Waals surface area contributed by atoms with Gasteiger partial charge in [0.25, 0.3) is 0 Å².